The molecule has 162 valence electrons. The van der Waals surface area contributed by atoms with Crippen LogP contribution in [0, 0.1) is 6.92 Å². The molecule has 0 spiro atoms. The van der Waals surface area contributed by atoms with E-state index in [-0.39, 0.29) is 22.6 Å². The quantitative estimate of drug-likeness (QED) is 0.431. The number of nitrogens with one attached hydrogen (secondary N) is 2. The standard InChI is InChI=1S/C22H16F3N5O2/c1-11-15(19-27-13-9-6-10-14(32-2)17(13)28-19)21(31)30-20(26-11)16(12-7-4-3-5-8-12)18(29-30)22(23,24)25/h3-10,26H,1-2H3,(H,27,28). The lowest BCUT2D eigenvalue weighted by Crippen LogP contribution is -2.20. The number of fused-ring (bicyclic) bond motifs is 2. The fourth-order valence-corrected chi connectivity index (χ4v) is 3.83. The molecular weight excluding hydrogens is 423 g/mol. The number of imidazole rings is 1. The maximum Gasteiger partial charge on any atom is 0.435 e. The Labute approximate surface area is 178 Å². The molecule has 2 aromatic carbocycles. The van der Waals surface area contributed by atoms with E-state index in [0.717, 1.165) is 4.52 Å². The number of aromatic amines is 2. The number of halogens is 3. The summed E-state index contributed by atoms with van der Waals surface area (Å²) in [4.78, 5) is 23.8. The number of alkyl halides is 3. The minimum Gasteiger partial charge on any atom is -0.494 e. The summed E-state index contributed by atoms with van der Waals surface area (Å²) in [7, 11) is 1.50. The number of rotatable bonds is 3. The van der Waals surface area contributed by atoms with Crippen LogP contribution in [0.15, 0.2) is 53.3 Å². The van der Waals surface area contributed by atoms with Gasteiger partial charge in [0.15, 0.2) is 5.69 Å². The Morgan fingerprint density at radius 3 is 2.44 bits per heavy atom. The normalized spacial score (nSPS) is 12.0. The third kappa shape index (κ3) is 2.95. The van der Waals surface area contributed by atoms with Crippen molar-refractivity contribution in [3.05, 3.63) is 70.3 Å². The van der Waals surface area contributed by atoms with Gasteiger partial charge in [-0.05, 0) is 24.6 Å². The van der Waals surface area contributed by atoms with Gasteiger partial charge in [-0.2, -0.15) is 22.8 Å². The van der Waals surface area contributed by atoms with Gasteiger partial charge in [-0.1, -0.05) is 36.4 Å². The van der Waals surface area contributed by atoms with Gasteiger partial charge in [0.25, 0.3) is 5.56 Å². The molecule has 0 saturated carbocycles. The number of methoxy groups -OCH3 is 1. The van der Waals surface area contributed by atoms with Crippen LogP contribution in [0.5, 0.6) is 5.75 Å². The van der Waals surface area contributed by atoms with E-state index in [1.54, 1.807) is 55.5 Å². The van der Waals surface area contributed by atoms with Crippen molar-refractivity contribution in [1.82, 2.24) is 24.6 Å². The molecule has 0 fully saturated rings. The number of aryl methyl sites for hydroxylation is 1. The van der Waals surface area contributed by atoms with Crippen LogP contribution in [-0.2, 0) is 6.18 Å². The second kappa shape index (κ2) is 6.98. The smallest absolute Gasteiger partial charge is 0.435 e. The first-order valence-corrected chi connectivity index (χ1v) is 9.61. The Morgan fingerprint density at radius 1 is 1.00 bits per heavy atom. The number of para-hydroxylation sites is 1. The summed E-state index contributed by atoms with van der Waals surface area (Å²) in [5.41, 5.74) is -0.213. The summed E-state index contributed by atoms with van der Waals surface area (Å²) in [6.45, 7) is 1.61. The van der Waals surface area contributed by atoms with E-state index in [9.17, 15) is 18.0 Å². The maximum atomic E-state index is 13.8. The molecule has 0 saturated heterocycles. The first kappa shape index (κ1) is 19.9. The van der Waals surface area contributed by atoms with Crippen LogP contribution in [0.1, 0.15) is 11.4 Å². The Balaban J connectivity index is 1.82. The molecule has 3 aromatic heterocycles. The van der Waals surface area contributed by atoms with Crippen LogP contribution in [-0.4, -0.2) is 31.7 Å². The largest absolute Gasteiger partial charge is 0.494 e. The molecule has 0 radical (unpaired) electrons. The molecule has 5 aromatic rings. The molecule has 0 amide bonds. The molecule has 10 heteroatoms. The van der Waals surface area contributed by atoms with Gasteiger partial charge in [0.1, 0.15) is 28.3 Å². The van der Waals surface area contributed by atoms with Gasteiger partial charge in [-0.3, -0.25) is 4.79 Å². The van der Waals surface area contributed by atoms with Crippen molar-refractivity contribution in [3.8, 4) is 28.3 Å². The van der Waals surface area contributed by atoms with Crippen molar-refractivity contribution in [2.24, 2.45) is 0 Å². The van der Waals surface area contributed by atoms with E-state index < -0.39 is 17.4 Å². The van der Waals surface area contributed by atoms with E-state index in [1.807, 2.05) is 0 Å². The SMILES string of the molecule is COc1cccc2[nH]c(-c3c(C)[nH]c4c(-c5ccccc5)c(C(F)(F)F)nn4c3=O)nc12. The van der Waals surface area contributed by atoms with E-state index in [0.29, 0.717) is 28.0 Å². The Hall–Kier alpha value is -4.08. The first-order valence-electron chi connectivity index (χ1n) is 9.61. The van der Waals surface area contributed by atoms with Crippen molar-refractivity contribution in [1.29, 1.82) is 0 Å². The molecule has 7 nitrogen and oxygen atoms in total. The highest BCUT2D eigenvalue weighted by atomic mass is 19.4. The predicted octanol–water partition coefficient (Wildman–Crippen LogP) is 4.57. The Kier molecular flexibility index (Phi) is 4.33. The van der Waals surface area contributed by atoms with E-state index >= 15 is 0 Å². The second-order valence-corrected chi connectivity index (χ2v) is 7.22. The van der Waals surface area contributed by atoms with Crippen molar-refractivity contribution in [2.75, 3.05) is 7.11 Å². The van der Waals surface area contributed by atoms with Gasteiger partial charge in [0.05, 0.1) is 18.2 Å². The number of hydrogen-bond acceptors (Lipinski definition) is 4. The van der Waals surface area contributed by atoms with Crippen LogP contribution in [0.3, 0.4) is 0 Å². The molecule has 0 aliphatic heterocycles. The molecular formula is C22H16F3N5O2. The van der Waals surface area contributed by atoms with Crippen molar-refractivity contribution >= 4 is 16.7 Å². The predicted molar refractivity (Wildman–Crippen MR) is 113 cm³/mol. The number of hydrogen-bond donors (Lipinski definition) is 2. The maximum absolute atomic E-state index is 13.8. The van der Waals surface area contributed by atoms with Gasteiger partial charge in [-0.15, -0.1) is 0 Å². The molecule has 0 unspecified atom stereocenters. The number of nitrogens with zero attached hydrogens (tertiary/aromatic N) is 3. The van der Waals surface area contributed by atoms with Crippen LogP contribution in [0.2, 0.25) is 0 Å². The average Bonchev–Trinajstić information content (AvgIpc) is 3.36. The molecule has 0 bridgehead atoms. The number of benzene rings is 2. The topological polar surface area (TPSA) is 88.1 Å². The van der Waals surface area contributed by atoms with E-state index in [2.05, 4.69) is 20.1 Å². The lowest BCUT2D eigenvalue weighted by atomic mass is 10.1. The fraction of sp³-hybridized carbons (Fsp3) is 0.136. The third-order valence-corrected chi connectivity index (χ3v) is 5.24. The molecule has 0 aliphatic carbocycles. The van der Waals surface area contributed by atoms with Gasteiger partial charge in [0.2, 0.25) is 0 Å². The summed E-state index contributed by atoms with van der Waals surface area (Å²) < 4.78 is 47.5. The molecule has 0 aliphatic rings. The average molecular weight is 439 g/mol. The Morgan fingerprint density at radius 2 is 1.75 bits per heavy atom. The highest BCUT2D eigenvalue weighted by Crippen LogP contribution is 2.38. The molecule has 32 heavy (non-hydrogen) atoms. The lowest BCUT2D eigenvalue weighted by molar-refractivity contribution is -0.140. The zero-order valence-corrected chi connectivity index (χ0v) is 16.9. The summed E-state index contributed by atoms with van der Waals surface area (Å²) >= 11 is 0. The monoisotopic (exact) mass is 439 g/mol. The van der Waals surface area contributed by atoms with Crippen molar-refractivity contribution in [2.45, 2.75) is 13.1 Å². The van der Waals surface area contributed by atoms with Gasteiger partial charge in [0, 0.05) is 5.69 Å². The van der Waals surface area contributed by atoms with Gasteiger partial charge in [-0.25, -0.2) is 4.98 Å². The zero-order valence-electron chi connectivity index (χ0n) is 16.9. The summed E-state index contributed by atoms with van der Waals surface area (Å²) in [6, 6.07) is 13.3. The van der Waals surface area contributed by atoms with Crippen LogP contribution < -0.4 is 10.3 Å². The van der Waals surface area contributed by atoms with Crippen molar-refractivity contribution in [3.63, 3.8) is 0 Å². The van der Waals surface area contributed by atoms with Gasteiger partial charge < -0.3 is 14.7 Å². The van der Waals surface area contributed by atoms with Gasteiger partial charge >= 0.3 is 6.18 Å². The second-order valence-electron chi connectivity index (χ2n) is 7.22. The molecule has 2 N–H and O–H groups in total. The molecule has 5 rings (SSSR count). The minimum atomic E-state index is -4.75. The summed E-state index contributed by atoms with van der Waals surface area (Å²) in [5, 5.41) is 3.66. The molecule has 0 atom stereocenters. The van der Waals surface area contributed by atoms with Crippen LogP contribution in [0.25, 0.3) is 39.2 Å². The summed E-state index contributed by atoms with van der Waals surface area (Å²) in [6.07, 6.45) is -4.75. The minimum absolute atomic E-state index is 0.0385. The fourth-order valence-electron chi connectivity index (χ4n) is 3.83. The molecule has 3 heterocycles. The van der Waals surface area contributed by atoms with Crippen molar-refractivity contribution < 1.29 is 17.9 Å². The van der Waals surface area contributed by atoms with E-state index in [1.165, 1.54) is 7.11 Å². The first-order chi connectivity index (χ1) is 15.3. The summed E-state index contributed by atoms with van der Waals surface area (Å²) in [5.74, 6) is 0.709. The van der Waals surface area contributed by atoms with E-state index in [4.69, 9.17) is 4.74 Å². The highest BCUT2D eigenvalue weighted by molar-refractivity contribution is 5.86. The Bertz CT molecular complexity index is 1530. The lowest BCUT2D eigenvalue weighted by Gasteiger charge is -2.07. The van der Waals surface area contributed by atoms with Crippen LogP contribution in [0.4, 0.5) is 13.2 Å². The number of H-pyrrole nitrogens is 2. The number of ether oxygens (including phenoxy) is 1. The third-order valence-electron chi connectivity index (χ3n) is 5.24. The zero-order chi connectivity index (χ0) is 22.6. The highest BCUT2D eigenvalue weighted by Gasteiger charge is 2.39. The van der Waals surface area contributed by atoms with Crippen LogP contribution >= 0.6 is 0 Å². The number of aromatic nitrogens is 5.